The number of carbonyl (C=O) groups excluding carboxylic acids is 1. The van der Waals surface area contributed by atoms with E-state index in [1.54, 1.807) is 18.2 Å². The Balaban J connectivity index is 1.26. The van der Waals surface area contributed by atoms with Crippen molar-refractivity contribution in [1.82, 2.24) is 19.9 Å². The van der Waals surface area contributed by atoms with Gasteiger partial charge in [-0.1, -0.05) is 30.7 Å². The predicted octanol–water partition coefficient (Wildman–Crippen LogP) is 4.85. The van der Waals surface area contributed by atoms with Gasteiger partial charge in [0.05, 0.1) is 16.9 Å². The first-order chi connectivity index (χ1) is 18.4. The summed E-state index contributed by atoms with van der Waals surface area (Å²) in [4.78, 5) is 34.7. The Hall–Kier alpha value is -4.25. The molecule has 0 saturated carbocycles. The number of aryl methyl sites for hydroxylation is 2. The van der Waals surface area contributed by atoms with E-state index in [0.717, 1.165) is 24.3 Å². The van der Waals surface area contributed by atoms with Crippen LogP contribution in [-0.4, -0.2) is 52.0 Å². The van der Waals surface area contributed by atoms with Gasteiger partial charge in [0.15, 0.2) is 0 Å². The number of anilines is 5. The number of para-hydroxylation sites is 1. The van der Waals surface area contributed by atoms with Crippen LogP contribution in [0.15, 0.2) is 53.1 Å². The van der Waals surface area contributed by atoms with Gasteiger partial charge in [0, 0.05) is 38.3 Å². The maximum atomic E-state index is 13.3. The maximum absolute atomic E-state index is 13.3. The number of hydrogen-bond acceptors (Lipinski definition) is 9. The molecule has 1 fully saturated rings. The lowest BCUT2D eigenvalue weighted by Gasteiger charge is -2.36. The molecule has 0 atom stereocenters. The molecule has 0 spiro atoms. The molecule has 2 aromatic carbocycles. The van der Waals surface area contributed by atoms with Crippen molar-refractivity contribution in [3.05, 3.63) is 76.6 Å². The van der Waals surface area contributed by atoms with Crippen molar-refractivity contribution in [3.63, 3.8) is 0 Å². The highest BCUT2D eigenvalue weighted by molar-refractivity contribution is 6.34. The van der Waals surface area contributed by atoms with E-state index in [4.69, 9.17) is 16.0 Å². The zero-order chi connectivity index (χ0) is 26.6. The summed E-state index contributed by atoms with van der Waals surface area (Å²) in [7, 11) is 0. The Morgan fingerprint density at radius 2 is 1.79 bits per heavy atom. The number of amides is 1. The van der Waals surface area contributed by atoms with E-state index in [0.29, 0.717) is 42.0 Å². The van der Waals surface area contributed by atoms with Crippen molar-refractivity contribution in [2.24, 2.45) is 0 Å². The van der Waals surface area contributed by atoms with Crippen LogP contribution < -0.4 is 20.4 Å². The summed E-state index contributed by atoms with van der Waals surface area (Å²) >= 11 is 6.21. The number of aromatic nitrogens is 4. The fourth-order valence-electron chi connectivity index (χ4n) is 4.08. The number of carbonyl (C=O) groups is 1. The van der Waals surface area contributed by atoms with Crippen LogP contribution in [0.25, 0.3) is 0 Å². The molecule has 1 saturated heterocycles. The summed E-state index contributed by atoms with van der Waals surface area (Å²) in [5.74, 6) is 0.692. The molecule has 12 heteroatoms. The molecule has 0 radical (unpaired) electrons. The summed E-state index contributed by atoms with van der Waals surface area (Å²) in [5.41, 5.74) is 2.32. The third-order valence-corrected chi connectivity index (χ3v) is 6.46. The molecule has 0 bridgehead atoms. The van der Waals surface area contributed by atoms with Crippen molar-refractivity contribution < 1.29 is 13.6 Å². The summed E-state index contributed by atoms with van der Waals surface area (Å²) in [6, 6.07) is 11.9. The van der Waals surface area contributed by atoms with E-state index in [1.807, 2.05) is 26.0 Å². The average molecular weight is 537 g/mol. The summed E-state index contributed by atoms with van der Waals surface area (Å²) in [6.45, 7) is 6.67. The Morgan fingerprint density at radius 1 is 1.05 bits per heavy atom. The Morgan fingerprint density at radius 3 is 2.50 bits per heavy atom. The van der Waals surface area contributed by atoms with Crippen LogP contribution in [0.1, 0.15) is 28.9 Å². The molecule has 196 valence electrons. The van der Waals surface area contributed by atoms with Crippen molar-refractivity contribution in [3.8, 4) is 0 Å². The van der Waals surface area contributed by atoms with Gasteiger partial charge < -0.3 is 19.5 Å². The molecular formula is C26H26ClFN8O2. The number of nitrogens with one attached hydrogen (secondary N) is 2. The number of rotatable bonds is 7. The van der Waals surface area contributed by atoms with Crippen molar-refractivity contribution in [2.45, 2.75) is 20.3 Å². The number of benzene rings is 2. The molecular weight excluding hydrogens is 511 g/mol. The van der Waals surface area contributed by atoms with Crippen LogP contribution in [-0.2, 0) is 6.42 Å². The van der Waals surface area contributed by atoms with Gasteiger partial charge in [0.1, 0.15) is 11.6 Å². The van der Waals surface area contributed by atoms with Crippen LogP contribution in [0, 0.1) is 12.7 Å². The van der Waals surface area contributed by atoms with E-state index >= 15 is 0 Å². The van der Waals surface area contributed by atoms with Crippen molar-refractivity contribution >= 4 is 46.8 Å². The smallest absolute Gasteiger partial charge is 0.302 e. The van der Waals surface area contributed by atoms with Gasteiger partial charge in [-0.3, -0.25) is 10.1 Å². The molecule has 0 unspecified atom stereocenters. The highest BCUT2D eigenvalue weighted by Gasteiger charge is 2.22. The summed E-state index contributed by atoms with van der Waals surface area (Å²) in [5, 5.41) is 6.13. The second kappa shape index (κ2) is 11.0. The molecule has 0 aliphatic carbocycles. The first kappa shape index (κ1) is 25.4. The molecule has 38 heavy (non-hydrogen) atoms. The number of halogens is 2. The molecule has 1 amide bonds. The van der Waals surface area contributed by atoms with Crippen LogP contribution >= 0.6 is 11.6 Å². The lowest BCUT2D eigenvalue weighted by atomic mass is 10.2. The van der Waals surface area contributed by atoms with Gasteiger partial charge in [-0.05, 0) is 42.8 Å². The first-order valence-electron chi connectivity index (χ1n) is 12.2. The van der Waals surface area contributed by atoms with Gasteiger partial charge in [-0.2, -0.15) is 15.0 Å². The van der Waals surface area contributed by atoms with Crippen LogP contribution in [0.5, 0.6) is 0 Å². The maximum Gasteiger partial charge on any atom is 0.302 e. The number of oxazole rings is 1. The van der Waals surface area contributed by atoms with Crippen molar-refractivity contribution in [1.29, 1.82) is 0 Å². The lowest BCUT2D eigenvalue weighted by Crippen LogP contribution is -2.47. The molecule has 2 N–H and O–H groups in total. The van der Waals surface area contributed by atoms with Gasteiger partial charge >= 0.3 is 6.01 Å². The molecule has 4 aromatic rings. The fourth-order valence-corrected chi connectivity index (χ4v) is 4.35. The number of hydrogen-bond donors (Lipinski definition) is 2. The normalized spacial score (nSPS) is 13.5. The number of nitrogens with zero attached hydrogens (tertiary/aromatic N) is 6. The van der Waals surface area contributed by atoms with Gasteiger partial charge in [-0.25, -0.2) is 9.37 Å². The molecule has 3 heterocycles. The SMILES string of the molecule is CCc1nc(Nc2ncc(C(=O)Nc3c(C)cccc3Cl)o2)nc(N2CCN(c3ccc(F)cc3)CC2)n1. The monoisotopic (exact) mass is 536 g/mol. The predicted molar refractivity (Wildman–Crippen MR) is 144 cm³/mol. The Bertz CT molecular complexity index is 1420. The highest BCUT2D eigenvalue weighted by Crippen LogP contribution is 2.26. The number of piperazine rings is 1. The second-order valence-electron chi connectivity index (χ2n) is 8.72. The van der Waals surface area contributed by atoms with E-state index < -0.39 is 5.91 Å². The van der Waals surface area contributed by atoms with E-state index in [2.05, 4.69) is 40.4 Å². The van der Waals surface area contributed by atoms with Crippen molar-refractivity contribution in [2.75, 3.05) is 46.6 Å². The van der Waals surface area contributed by atoms with E-state index in [-0.39, 0.29) is 23.5 Å². The third-order valence-electron chi connectivity index (χ3n) is 6.15. The molecule has 1 aliphatic rings. The average Bonchev–Trinajstić information content (AvgIpc) is 3.39. The van der Waals surface area contributed by atoms with Crippen LogP contribution in [0.3, 0.4) is 0 Å². The van der Waals surface area contributed by atoms with E-state index in [9.17, 15) is 9.18 Å². The fraction of sp³-hybridized carbons (Fsp3) is 0.269. The van der Waals surface area contributed by atoms with E-state index in [1.165, 1.54) is 18.3 Å². The lowest BCUT2D eigenvalue weighted by molar-refractivity contribution is 0.0997. The zero-order valence-corrected chi connectivity index (χ0v) is 21.7. The topological polar surface area (TPSA) is 112 Å². The van der Waals surface area contributed by atoms with Gasteiger partial charge in [0.2, 0.25) is 17.7 Å². The Kier molecular flexibility index (Phi) is 7.36. The summed E-state index contributed by atoms with van der Waals surface area (Å²) in [6.07, 6.45) is 1.93. The molecule has 5 rings (SSSR count). The minimum absolute atomic E-state index is 0.00808. The second-order valence-corrected chi connectivity index (χ2v) is 9.13. The Labute approximate surface area is 223 Å². The standard InChI is InChI=1S/C26H26ClFN8O2/c1-3-21-30-24(33-25(31-21)36-13-11-35(12-14-36)18-9-7-17(28)8-10-18)34-26-29-15-20(38-26)23(37)32-22-16(2)5-4-6-19(22)27/h4-10,15H,3,11-14H2,1-2H3,(H,32,37)(H,29,30,31,33,34). The first-order valence-corrected chi connectivity index (χ1v) is 12.6. The largest absolute Gasteiger partial charge is 0.418 e. The third kappa shape index (κ3) is 5.67. The van der Waals surface area contributed by atoms with Gasteiger partial charge in [0.25, 0.3) is 5.91 Å². The molecule has 1 aliphatic heterocycles. The molecule has 2 aromatic heterocycles. The van der Waals surface area contributed by atoms with Crippen LogP contribution in [0.2, 0.25) is 5.02 Å². The minimum atomic E-state index is -0.480. The quantitative estimate of drug-likeness (QED) is 0.342. The minimum Gasteiger partial charge on any atom is -0.418 e. The summed E-state index contributed by atoms with van der Waals surface area (Å²) < 4.78 is 18.9. The van der Waals surface area contributed by atoms with Gasteiger partial charge in [-0.15, -0.1) is 0 Å². The van der Waals surface area contributed by atoms with Crippen LogP contribution in [0.4, 0.5) is 33.7 Å². The molecule has 10 nitrogen and oxygen atoms in total. The highest BCUT2D eigenvalue weighted by atomic mass is 35.5. The zero-order valence-electron chi connectivity index (χ0n) is 20.9.